The van der Waals surface area contributed by atoms with Crippen molar-refractivity contribution in [2.75, 3.05) is 18.4 Å². The highest BCUT2D eigenvalue weighted by molar-refractivity contribution is 6.33. The second-order valence-corrected chi connectivity index (χ2v) is 12.7. The molecule has 1 saturated heterocycles. The van der Waals surface area contributed by atoms with E-state index in [2.05, 4.69) is 20.6 Å². The second-order valence-electron chi connectivity index (χ2n) is 11.9. The lowest BCUT2D eigenvalue weighted by Gasteiger charge is -2.48. The van der Waals surface area contributed by atoms with Crippen molar-refractivity contribution in [1.82, 2.24) is 20.2 Å². The Balaban J connectivity index is 1.56. The Labute approximate surface area is 254 Å². The number of pyridine rings is 1. The summed E-state index contributed by atoms with van der Waals surface area (Å²) in [6.45, 7) is 9.13. The third kappa shape index (κ3) is 7.35. The number of aromatic nitrogens is 2. The molecule has 2 aromatic heterocycles. The van der Waals surface area contributed by atoms with Crippen molar-refractivity contribution in [3.63, 3.8) is 0 Å². The monoisotopic (exact) mass is 615 g/mol. The van der Waals surface area contributed by atoms with E-state index in [0.717, 1.165) is 0 Å². The highest BCUT2D eigenvalue weighted by atomic mass is 35.5. The van der Waals surface area contributed by atoms with Gasteiger partial charge < -0.3 is 30.4 Å². The minimum Gasteiger partial charge on any atom is -0.481 e. The summed E-state index contributed by atoms with van der Waals surface area (Å²) in [4.78, 5) is 47.1. The number of carbonyl (C=O) groups is 3. The van der Waals surface area contributed by atoms with Gasteiger partial charge in [-0.15, -0.1) is 0 Å². The predicted octanol–water partition coefficient (Wildman–Crippen LogP) is 6.39. The highest BCUT2D eigenvalue weighted by Crippen LogP contribution is 2.41. The maximum Gasteiger partial charge on any atom is 0.410 e. The van der Waals surface area contributed by atoms with Crippen LogP contribution in [0.3, 0.4) is 0 Å². The zero-order chi connectivity index (χ0) is 30.8. The van der Waals surface area contributed by atoms with Gasteiger partial charge >= 0.3 is 12.1 Å². The summed E-state index contributed by atoms with van der Waals surface area (Å²) < 4.78 is 5.40. The molecule has 4 N–H and O–H groups in total. The number of halogens is 2. The Morgan fingerprint density at radius 1 is 1.17 bits per heavy atom. The molecule has 1 aliphatic rings. The number of aliphatic carboxylic acids is 1. The summed E-state index contributed by atoms with van der Waals surface area (Å²) in [6, 6.07) is 9.83. The highest BCUT2D eigenvalue weighted by Gasteiger charge is 2.53. The fourth-order valence-corrected chi connectivity index (χ4v) is 5.22. The van der Waals surface area contributed by atoms with E-state index in [1.165, 1.54) is 4.90 Å². The van der Waals surface area contributed by atoms with Gasteiger partial charge in [0.05, 0.1) is 11.1 Å². The first-order valence-corrected chi connectivity index (χ1v) is 14.3. The van der Waals surface area contributed by atoms with Gasteiger partial charge in [0.25, 0.3) is 5.91 Å². The lowest BCUT2D eigenvalue weighted by molar-refractivity contribution is -0.160. The number of nitrogens with one attached hydrogen (secondary N) is 3. The first-order chi connectivity index (χ1) is 19.7. The minimum atomic E-state index is -1.29. The Bertz CT molecular complexity index is 1480. The minimum absolute atomic E-state index is 0.0295. The Morgan fingerprint density at radius 2 is 1.88 bits per heavy atom. The average molecular weight is 617 g/mol. The van der Waals surface area contributed by atoms with E-state index in [0.29, 0.717) is 32.6 Å². The third-order valence-electron chi connectivity index (χ3n) is 6.77. The standard InChI is InChI=1S/C30H35Cl2N5O5/c1-17(2)35-25-11-21(22(32)14-34-25)19-10-23(33-13-19)26(38)36-24(18-7-6-8-20(31)9-18)12-30(27(39)40)15-37(16-30)28(41)42-29(3,4)5/h6-11,13-14,17,24,33H,12,15-16H2,1-5H3,(H,34,35)(H,36,38)(H,39,40)/t24-/m0/s1. The van der Waals surface area contributed by atoms with E-state index >= 15 is 0 Å². The lowest BCUT2D eigenvalue weighted by Crippen LogP contribution is -2.63. The first-order valence-electron chi connectivity index (χ1n) is 13.5. The molecule has 3 heterocycles. The molecule has 3 aromatic rings. The maximum absolute atomic E-state index is 13.5. The molecular formula is C30H35Cl2N5O5. The van der Waals surface area contributed by atoms with Crippen LogP contribution in [0, 0.1) is 5.41 Å². The number of amides is 2. The number of carboxylic acids is 1. The van der Waals surface area contributed by atoms with E-state index in [-0.39, 0.29) is 31.2 Å². The zero-order valence-electron chi connectivity index (χ0n) is 24.1. The third-order valence-corrected chi connectivity index (χ3v) is 7.31. The molecule has 0 spiro atoms. The van der Waals surface area contributed by atoms with Crippen molar-refractivity contribution in [2.45, 2.75) is 58.7 Å². The molecule has 42 heavy (non-hydrogen) atoms. The van der Waals surface area contributed by atoms with Crippen LogP contribution in [0.15, 0.2) is 48.8 Å². The Hall–Kier alpha value is -3.76. The van der Waals surface area contributed by atoms with Gasteiger partial charge in [0.1, 0.15) is 22.5 Å². The van der Waals surface area contributed by atoms with E-state index in [4.69, 9.17) is 27.9 Å². The van der Waals surface area contributed by atoms with Crippen molar-refractivity contribution in [3.8, 4) is 11.1 Å². The largest absolute Gasteiger partial charge is 0.481 e. The van der Waals surface area contributed by atoms with Gasteiger partial charge in [-0.2, -0.15) is 0 Å². The van der Waals surface area contributed by atoms with Crippen LogP contribution in [0.25, 0.3) is 11.1 Å². The van der Waals surface area contributed by atoms with Crippen LogP contribution in [0.4, 0.5) is 10.6 Å². The van der Waals surface area contributed by atoms with Crippen LogP contribution in [-0.2, 0) is 9.53 Å². The van der Waals surface area contributed by atoms with Gasteiger partial charge in [0.2, 0.25) is 0 Å². The maximum atomic E-state index is 13.5. The van der Waals surface area contributed by atoms with E-state index in [1.807, 2.05) is 19.9 Å². The van der Waals surface area contributed by atoms with Crippen LogP contribution < -0.4 is 10.6 Å². The number of rotatable bonds is 9. The number of H-pyrrole nitrogens is 1. The number of anilines is 1. The van der Waals surface area contributed by atoms with Crippen molar-refractivity contribution >= 4 is 47.0 Å². The molecule has 1 atom stereocenters. The smallest absolute Gasteiger partial charge is 0.410 e. The van der Waals surface area contributed by atoms with Gasteiger partial charge in [0, 0.05) is 47.7 Å². The second kappa shape index (κ2) is 12.2. The number of nitrogens with zero attached hydrogens (tertiary/aromatic N) is 2. The first kappa shape index (κ1) is 31.2. The fraction of sp³-hybridized carbons (Fsp3) is 0.400. The summed E-state index contributed by atoms with van der Waals surface area (Å²) in [5.74, 6) is -0.859. The number of carbonyl (C=O) groups excluding carboxylic acids is 2. The lowest BCUT2D eigenvalue weighted by atomic mass is 9.73. The quantitative estimate of drug-likeness (QED) is 0.219. The number of hydrogen-bond acceptors (Lipinski definition) is 6. The summed E-state index contributed by atoms with van der Waals surface area (Å²) in [5.41, 5.74) is 0.281. The van der Waals surface area contributed by atoms with Crippen LogP contribution >= 0.6 is 23.2 Å². The van der Waals surface area contributed by atoms with Crippen LogP contribution in [0.2, 0.25) is 10.0 Å². The molecule has 224 valence electrons. The van der Waals surface area contributed by atoms with Gasteiger partial charge in [0.15, 0.2) is 0 Å². The molecule has 1 aromatic carbocycles. The van der Waals surface area contributed by atoms with Crippen molar-refractivity contribution in [2.24, 2.45) is 5.41 Å². The molecule has 1 aliphatic heterocycles. The molecular weight excluding hydrogens is 581 g/mol. The summed E-state index contributed by atoms with van der Waals surface area (Å²) in [6.07, 6.45) is 2.67. The van der Waals surface area contributed by atoms with Gasteiger partial charge in [-0.25, -0.2) is 9.78 Å². The van der Waals surface area contributed by atoms with E-state index in [9.17, 15) is 19.5 Å². The normalized spacial score (nSPS) is 15.1. The number of ether oxygens (including phenoxy) is 1. The molecule has 2 amide bonds. The molecule has 0 bridgehead atoms. The van der Waals surface area contributed by atoms with Crippen LogP contribution in [0.1, 0.15) is 63.1 Å². The molecule has 0 aliphatic carbocycles. The molecule has 4 rings (SSSR count). The molecule has 12 heteroatoms. The molecule has 0 unspecified atom stereocenters. The van der Waals surface area contributed by atoms with E-state index in [1.54, 1.807) is 63.5 Å². The molecule has 1 fully saturated rings. The van der Waals surface area contributed by atoms with Crippen LogP contribution in [-0.4, -0.2) is 62.7 Å². The predicted molar refractivity (Wildman–Crippen MR) is 162 cm³/mol. The summed E-state index contributed by atoms with van der Waals surface area (Å²) in [5, 5.41) is 17.3. The topological polar surface area (TPSA) is 137 Å². The number of hydrogen-bond donors (Lipinski definition) is 4. The summed E-state index contributed by atoms with van der Waals surface area (Å²) in [7, 11) is 0. The van der Waals surface area contributed by atoms with Crippen LogP contribution in [0.5, 0.6) is 0 Å². The number of aromatic amines is 1. The number of benzene rings is 1. The SMILES string of the molecule is CC(C)Nc1cc(-c2c[nH]c(C(=O)N[C@@H](CC3(C(=O)O)CN(C(=O)OC(C)(C)C)C3)c3cccc(Cl)c3)c2)c(Cl)cn1. The molecule has 0 saturated carbocycles. The zero-order valence-corrected chi connectivity index (χ0v) is 25.6. The van der Waals surface area contributed by atoms with Gasteiger partial charge in [-0.3, -0.25) is 9.59 Å². The number of carboxylic acid groups (broad SMARTS) is 1. The average Bonchev–Trinajstić information content (AvgIpc) is 3.35. The van der Waals surface area contributed by atoms with E-state index < -0.39 is 35.0 Å². The van der Waals surface area contributed by atoms with Gasteiger partial charge in [-0.1, -0.05) is 35.3 Å². The van der Waals surface area contributed by atoms with Crippen molar-refractivity contribution in [3.05, 3.63) is 70.1 Å². The van der Waals surface area contributed by atoms with Gasteiger partial charge in [-0.05, 0) is 70.9 Å². The molecule has 0 radical (unpaired) electrons. The molecule has 10 nitrogen and oxygen atoms in total. The van der Waals surface area contributed by atoms with Crippen molar-refractivity contribution in [1.29, 1.82) is 0 Å². The Kier molecular flexibility index (Phi) is 9.08. The Morgan fingerprint density at radius 3 is 2.50 bits per heavy atom. The summed E-state index contributed by atoms with van der Waals surface area (Å²) >= 11 is 12.7. The van der Waals surface area contributed by atoms with Crippen molar-refractivity contribution < 1.29 is 24.2 Å². The number of likely N-dealkylation sites (tertiary alicyclic amines) is 1. The fourth-order valence-electron chi connectivity index (χ4n) is 4.81.